The molecule has 1 N–H and O–H groups in total. The molecule has 0 saturated carbocycles. The van der Waals surface area contributed by atoms with Crippen LogP contribution in [0.1, 0.15) is 15.9 Å². The second-order valence-electron chi connectivity index (χ2n) is 6.00. The molecule has 0 unspecified atom stereocenters. The van der Waals surface area contributed by atoms with Crippen LogP contribution in [0.25, 0.3) is 32.9 Å². The molecule has 0 amide bonds. The fourth-order valence-electron chi connectivity index (χ4n) is 2.84. The first-order valence-electron chi connectivity index (χ1n) is 7.98. The highest BCUT2D eigenvalue weighted by atomic mass is 32.1. The number of H-pyrrole nitrogens is 1. The van der Waals surface area contributed by atoms with Gasteiger partial charge in [-0.25, -0.2) is 14.2 Å². The zero-order valence-corrected chi connectivity index (χ0v) is 15.0. The molecule has 0 atom stereocenters. The summed E-state index contributed by atoms with van der Waals surface area (Å²) in [7, 11) is 1.23. The van der Waals surface area contributed by atoms with Gasteiger partial charge in [0.25, 0.3) is 0 Å². The fraction of sp³-hybridized carbons (Fsp3) is 0.100. The summed E-state index contributed by atoms with van der Waals surface area (Å²) in [5, 5.41) is 3.74. The van der Waals surface area contributed by atoms with Crippen LogP contribution >= 0.6 is 11.3 Å². The average Bonchev–Trinajstić information content (AvgIpc) is 3.27. The number of fused-ring (bicyclic) bond motifs is 1. The standard InChI is InChI=1S/C20H15FN2O2S/c1-11-3-6-16-13(7-11)9-17(22-16)18-10-26-19(23-18)12-4-5-14(15(21)8-12)20(24)25-2/h3-10,22H,1-2H3. The first-order valence-corrected chi connectivity index (χ1v) is 8.86. The lowest BCUT2D eigenvalue weighted by molar-refractivity contribution is 0.0595. The van der Waals surface area contributed by atoms with Gasteiger partial charge in [-0.05, 0) is 37.3 Å². The van der Waals surface area contributed by atoms with Gasteiger partial charge >= 0.3 is 5.97 Å². The molecule has 0 saturated heterocycles. The summed E-state index contributed by atoms with van der Waals surface area (Å²) in [5.41, 5.74) is 4.50. The summed E-state index contributed by atoms with van der Waals surface area (Å²) in [5.74, 6) is -1.31. The Balaban J connectivity index is 1.69. The number of thiazole rings is 1. The first kappa shape index (κ1) is 16.5. The molecule has 0 aliphatic carbocycles. The van der Waals surface area contributed by atoms with Gasteiger partial charge in [-0.3, -0.25) is 0 Å². The molecular weight excluding hydrogens is 351 g/mol. The topological polar surface area (TPSA) is 55.0 Å². The number of halogens is 1. The van der Waals surface area contributed by atoms with Crippen molar-refractivity contribution in [2.24, 2.45) is 0 Å². The average molecular weight is 366 g/mol. The highest BCUT2D eigenvalue weighted by molar-refractivity contribution is 7.13. The largest absolute Gasteiger partial charge is 0.465 e. The quantitative estimate of drug-likeness (QED) is 0.508. The summed E-state index contributed by atoms with van der Waals surface area (Å²) in [6, 6.07) is 12.7. The van der Waals surface area contributed by atoms with Crippen LogP contribution in [0.3, 0.4) is 0 Å². The molecule has 130 valence electrons. The van der Waals surface area contributed by atoms with Crippen molar-refractivity contribution in [1.82, 2.24) is 9.97 Å². The number of carbonyl (C=O) groups is 1. The minimum absolute atomic E-state index is 0.0842. The normalized spacial score (nSPS) is 11.0. The molecule has 2 heterocycles. The predicted octanol–water partition coefficient (Wildman–Crippen LogP) is 5.19. The first-order chi connectivity index (χ1) is 12.5. The third-order valence-corrected chi connectivity index (χ3v) is 5.07. The van der Waals surface area contributed by atoms with Gasteiger partial charge in [0, 0.05) is 21.8 Å². The monoisotopic (exact) mass is 366 g/mol. The van der Waals surface area contributed by atoms with Crippen molar-refractivity contribution in [3.63, 3.8) is 0 Å². The number of ether oxygens (including phenoxy) is 1. The fourth-order valence-corrected chi connectivity index (χ4v) is 3.66. The Morgan fingerprint density at radius 1 is 1.19 bits per heavy atom. The maximum Gasteiger partial charge on any atom is 0.340 e. The van der Waals surface area contributed by atoms with Crippen LogP contribution in [-0.2, 0) is 4.74 Å². The molecule has 4 rings (SSSR count). The van der Waals surface area contributed by atoms with Crippen LogP contribution in [0.2, 0.25) is 0 Å². The van der Waals surface area contributed by atoms with Crippen LogP contribution in [0.15, 0.2) is 47.8 Å². The number of benzene rings is 2. The number of hydrogen-bond acceptors (Lipinski definition) is 4. The Hall–Kier alpha value is -2.99. The molecule has 4 aromatic rings. The van der Waals surface area contributed by atoms with E-state index in [9.17, 15) is 9.18 Å². The zero-order valence-electron chi connectivity index (χ0n) is 14.2. The van der Waals surface area contributed by atoms with Crippen molar-refractivity contribution >= 4 is 28.2 Å². The molecule has 26 heavy (non-hydrogen) atoms. The number of aromatic amines is 1. The van der Waals surface area contributed by atoms with Crippen LogP contribution < -0.4 is 0 Å². The summed E-state index contributed by atoms with van der Waals surface area (Å²) in [4.78, 5) is 19.5. The molecule has 0 aliphatic rings. The van der Waals surface area contributed by atoms with E-state index in [1.54, 1.807) is 6.07 Å². The SMILES string of the molecule is COC(=O)c1ccc(-c2nc(-c3cc4cc(C)ccc4[nH]3)cs2)cc1F. The van der Waals surface area contributed by atoms with Crippen molar-refractivity contribution in [3.8, 4) is 22.0 Å². The van der Waals surface area contributed by atoms with E-state index in [4.69, 9.17) is 0 Å². The van der Waals surface area contributed by atoms with Gasteiger partial charge in [-0.1, -0.05) is 17.7 Å². The van der Waals surface area contributed by atoms with Crippen molar-refractivity contribution in [2.75, 3.05) is 7.11 Å². The van der Waals surface area contributed by atoms with E-state index >= 15 is 0 Å². The molecule has 0 spiro atoms. The Kier molecular flexibility index (Phi) is 4.05. The summed E-state index contributed by atoms with van der Waals surface area (Å²) in [6.07, 6.45) is 0. The van der Waals surface area contributed by atoms with E-state index in [1.807, 2.05) is 11.4 Å². The molecule has 0 radical (unpaired) electrons. The number of nitrogens with zero attached hydrogens (tertiary/aromatic N) is 1. The van der Waals surface area contributed by atoms with E-state index in [2.05, 4.69) is 39.8 Å². The van der Waals surface area contributed by atoms with Gasteiger partial charge in [0.15, 0.2) is 0 Å². The lowest BCUT2D eigenvalue weighted by atomic mass is 10.1. The number of nitrogens with one attached hydrogen (secondary N) is 1. The molecule has 2 aromatic heterocycles. The Morgan fingerprint density at radius 2 is 2.04 bits per heavy atom. The second kappa shape index (κ2) is 6.38. The number of methoxy groups -OCH3 is 1. The van der Waals surface area contributed by atoms with E-state index < -0.39 is 11.8 Å². The molecule has 2 aromatic carbocycles. The molecule has 0 fully saturated rings. The Morgan fingerprint density at radius 3 is 2.81 bits per heavy atom. The van der Waals surface area contributed by atoms with Gasteiger partial charge in [-0.15, -0.1) is 11.3 Å². The highest BCUT2D eigenvalue weighted by Crippen LogP contribution is 2.31. The Labute approximate surface area is 153 Å². The summed E-state index contributed by atoms with van der Waals surface area (Å²) in [6.45, 7) is 2.06. The molecule has 0 bridgehead atoms. The van der Waals surface area contributed by atoms with Crippen molar-refractivity contribution in [1.29, 1.82) is 0 Å². The van der Waals surface area contributed by atoms with Gasteiger partial charge < -0.3 is 9.72 Å². The van der Waals surface area contributed by atoms with Gasteiger partial charge in [-0.2, -0.15) is 0 Å². The minimum Gasteiger partial charge on any atom is -0.465 e. The summed E-state index contributed by atoms with van der Waals surface area (Å²) < 4.78 is 18.7. The van der Waals surface area contributed by atoms with Gasteiger partial charge in [0.1, 0.15) is 10.8 Å². The number of aryl methyl sites for hydroxylation is 1. The number of hydrogen-bond donors (Lipinski definition) is 1. The van der Waals surface area contributed by atoms with Crippen molar-refractivity contribution < 1.29 is 13.9 Å². The van der Waals surface area contributed by atoms with Crippen LogP contribution in [0.5, 0.6) is 0 Å². The van der Waals surface area contributed by atoms with Gasteiger partial charge in [0.05, 0.1) is 24.1 Å². The number of rotatable bonds is 3. The maximum atomic E-state index is 14.2. The zero-order chi connectivity index (χ0) is 18.3. The lowest BCUT2D eigenvalue weighted by Crippen LogP contribution is -2.04. The molecule has 0 aliphatic heterocycles. The smallest absolute Gasteiger partial charge is 0.340 e. The van der Waals surface area contributed by atoms with Crippen molar-refractivity contribution in [2.45, 2.75) is 6.92 Å². The Bertz CT molecular complexity index is 1130. The van der Waals surface area contributed by atoms with Gasteiger partial charge in [0.2, 0.25) is 0 Å². The minimum atomic E-state index is -0.692. The van der Waals surface area contributed by atoms with Crippen LogP contribution in [0, 0.1) is 12.7 Å². The van der Waals surface area contributed by atoms with Crippen molar-refractivity contribution in [3.05, 3.63) is 64.8 Å². The summed E-state index contributed by atoms with van der Waals surface area (Å²) >= 11 is 1.43. The highest BCUT2D eigenvalue weighted by Gasteiger charge is 2.15. The predicted molar refractivity (Wildman–Crippen MR) is 101 cm³/mol. The third-order valence-electron chi connectivity index (χ3n) is 4.18. The second-order valence-corrected chi connectivity index (χ2v) is 6.86. The van der Waals surface area contributed by atoms with E-state index in [1.165, 1.54) is 36.1 Å². The molecular formula is C20H15FN2O2S. The lowest BCUT2D eigenvalue weighted by Gasteiger charge is -2.02. The van der Waals surface area contributed by atoms with Crippen LogP contribution in [-0.4, -0.2) is 23.0 Å². The molecule has 4 nitrogen and oxygen atoms in total. The number of esters is 1. The van der Waals surface area contributed by atoms with E-state index in [0.717, 1.165) is 22.3 Å². The molecule has 6 heteroatoms. The van der Waals surface area contributed by atoms with E-state index in [0.29, 0.717) is 10.6 Å². The van der Waals surface area contributed by atoms with Crippen LogP contribution in [0.4, 0.5) is 4.39 Å². The maximum absolute atomic E-state index is 14.2. The number of carbonyl (C=O) groups excluding carboxylic acids is 1. The van der Waals surface area contributed by atoms with E-state index in [-0.39, 0.29) is 5.56 Å². The third kappa shape index (κ3) is 2.88. The number of aromatic nitrogens is 2.